The molecule has 4 nitrogen and oxygen atoms in total. The first-order chi connectivity index (χ1) is 6.79. The van der Waals surface area contributed by atoms with E-state index >= 15 is 0 Å². The van der Waals surface area contributed by atoms with Crippen LogP contribution in [0, 0.1) is 0 Å². The summed E-state index contributed by atoms with van der Waals surface area (Å²) in [6.45, 7) is -0.676. The van der Waals surface area contributed by atoms with Crippen LogP contribution in [0.5, 0.6) is 0 Å². The van der Waals surface area contributed by atoms with Crippen molar-refractivity contribution >= 4 is 12.3 Å². The van der Waals surface area contributed by atoms with Crippen LogP contribution in [0.1, 0.15) is 15.9 Å². The third-order valence-electron chi connectivity index (χ3n) is 1.57. The Morgan fingerprint density at radius 3 is 2.71 bits per heavy atom. The first-order valence-electron chi connectivity index (χ1n) is 4.02. The van der Waals surface area contributed by atoms with E-state index in [1.165, 1.54) is 12.1 Å². The van der Waals surface area contributed by atoms with Crippen molar-refractivity contribution in [2.24, 2.45) is 0 Å². The minimum atomic E-state index is -0.667. The molecule has 1 rings (SSSR count). The predicted octanol–water partition coefficient (Wildman–Crippen LogP) is 0.732. The summed E-state index contributed by atoms with van der Waals surface area (Å²) in [4.78, 5) is 21.7. The molecule has 0 spiro atoms. The molecule has 72 valence electrons. The van der Waals surface area contributed by atoms with E-state index in [4.69, 9.17) is 0 Å². The molecule has 0 aliphatic carbocycles. The molecule has 0 aliphatic heterocycles. The van der Waals surface area contributed by atoms with Crippen LogP contribution in [0.4, 0.5) is 0 Å². The summed E-state index contributed by atoms with van der Waals surface area (Å²) in [5, 5.41) is 10.1. The van der Waals surface area contributed by atoms with Crippen molar-refractivity contribution in [1.29, 1.82) is 0 Å². The van der Waals surface area contributed by atoms with Gasteiger partial charge in [0.2, 0.25) is 6.29 Å². The van der Waals surface area contributed by atoms with E-state index < -0.39 is 12.6 Å². The number of hydrogen-bond donors (Lipinski definition) is 0. The standard InChI is InChI=1S/C10H8O4/c11-5-6-14-10(13)9-4-2-1-3-8(9)7-12/h1-4H,5-6H2. The maximum absolute atomic E-state index is 11.2. The minimum Gasteiger partial charge on any atom is -0.459 e. The number of hydrogen-bond acceptors (Lipinski definition) is 3. The fourth-order valence-electron chi connectivity index (χ4n) is 0.962. The molecule has 4 heteroatoms. The van der Waals surface area contributed by atoms with Crippen LogP contribution in [0.2, 0.25) is 0 Å². The summed E-state index contributed by atoms with van der Waals surface area (Å²) in [6, 6.07) is 6.13. The quantitative estimate of drug-likeness (QED) is 0.660. The van der Waals surface area contributed by atoms with Gasteiger partial charge in [-0.1, -0.05) is 18.2 Å². The smallest absolute Gasteiger partial charge is 0.338 e. The summed E-state index contributed by atoms with van der Waals surface area (Å²) < 4.78 is 4.59. The average molecular weight is 192 g/mol. The zero-order valence-corrected chi connectivity index (χ0v) is 7.36. The van der Waals surface area contributed by atoms with Crippen LogP contribution in [-0.2, 0) is 14.6 Å². The van der Waals surface area contributed by atoms with Crippen LogP contribution in [0.25, 0.3) is 0 Å². The SMILES string of the molecule is [O]CCOC(=O)c1ccccc1[C]=O. The van der Waals surface area contributed by atoms with Crippen LogP contribution in [0.3, 0.4) is 0 Å². The molecular weight excluding hydrogens is 184 g/mol. The van der Waals surface area contributed by atoms with Crippen molar-refractivity contribution in [3.63, 3.8) is 0 Å². The molecule has 0 N–H and O–H groups in total. The maximum Gasteiger partial charge on any atom is 0.338 e. The molecule has 0 fully saturated rings. The normalized spacial score (nSPS) is 9.50. The molecule has 0 aliphatic rings. The van der Waals surface area contributed by atoms with E-state index in [1.54, 1.807) is 18.4 Å². The summed E-state index contributed by atoms with van der Waals surface area (Å²) >= 11 is 0. The Kier molecular flexibility index (Phi) is 3.82. The van der Waals surface area contributed by atoms with Gasteiger partial charge in [0.15, 0.2) is 0 Å². The second-order valence-corrected chi connectivity index (χ2v) is 2.49. The Hall–Kier alpha value is -1.68. The molecule has 0 atom stereocenters. The summed E-state index contributed by atoms with van der Waals surface area (Å²) in [5.74, 6) is -0.667. The number of rotatable bonds is 4. The fourth-order valence-corrected chi connectivity index (χ4v) is 0.962. The highest BCUT2D eigenvalue weighted by Crippen LogP contribution is 2.07. The highest BCUT2D eigenvalue weighted by Gasteiger charge is 2.11. The van der Waals surface area contributed by atoms with Crippen molar-refractivity contribution in [2.75, 3.05) is 13.2 Å². The molecule has 1 aromatic rings. The van der Waals surface area contributed by atoms with E-state index in [0.717, 1.165) is 0 Å². The van der Waals surface area contributed by atoms with Crippen LogP contribution >= 0.6 is 0 Å². The van der Waals surface area contributed by atoms with Gasteiger partial charge in [-0.25, -0.2) is 9.90 Å². The lowest BCUT2D eigenvalue weighted by atomic mass is 10.1. The second kappa shape index (κ2) is 5.14. The molecule has 0 bridgehead atoms. The van der Waals surface area contributed by atoms with E-state index in [0.29, 0.717) is 0 Å². The molecular formula is C10H8O4. The lowest BCUT2D eigenvalue weighted by Crippen LogP contribution is -2.10. The van der Waals surface area contributed by atoms with Gasteiger partial charge in [0.1, 0.15) is 13.2 Å². The number of carbonyl (C=O) groups excluding carboxylic acids is 2. The predicted molar refractivity (Wildman–Crippen MR) is 47.1 cm³/mol. The second-order valence-electron chi connectivity index (χ2n) is 2.49. The van der Waals surface area contributed by atoms with Crippen molar-refractivity contribution in [2.45, 2.75) is 0 Å². The Balaban J connectivity index is 2.83. The average Bonchev–Trinajstić information content (AvgIpc) is 2.25. The van der Waals surface area contributed by atoms with Crippen molar-refractivity contribution in [3.8, 4) is 0 Å². The number of esters is 1. The zero-order valence-electron chi connectivity index (χ0n) is 7.36. The molecule has 0 amide bonds. The van der Waals surface area contributed by atoms with E-state index in [2.05, 4.69) is 4.74 Å². The number of benzene rings is 1. The Bertz CT molecular complexity index is 333. The summed E-state index contributed by atoms with van der Waals surface area (Å²) in [6.07, 6.45) is 1.62. The lowest BCUT2D eigenvalue weighted by Gasteiger charge is -2.03. The van der Waals surface area contributed by atoms with Crippen molar-refractivity contribution in [3.05, 3.63) is 35.4 Å². The molecule has 0 aromatic heterocycles. The topological polar surface area (TPSA) is 63.3 Å². The van der Waals surface area contributed by atoms with Gasteiger partial charge < -0.3 is 4.74 Å². The molecule has 0 unspecified atom stereocenters. The molecule has 1 aromatic carbocycles. The van der Waals surface area contributed by atoms with Crippen molar-refractivity contribution in [1.82, 2.24) is 0 Å². The number of ether oxygens (including phenoxy) is 1. The van der Waals surface area contributed by atoms with Gasteiger partial charge in [0.25, 0.3) is 0 Å². The Morgan fingerprint density at radius 2 is 2.07 bits per heavy atom. The van der Waals surface area contributed by atoms with Gasteiger partial charge in [-0.15, -0.1) is 0 Å². The van der Waals surface area contributed by atoms with Crippen LogP contribution in [0.15, 0.2) is 24.3 Å². The molecule has 2 radical (unpaired) electrons. The van der Waals surface area contributed by atoms with Gasteiger partial charge >= 0.3 is 5.97 Å². The minimum absolute atomic E-state index is 0.135. The Morgan fingerprint density at radius 1 is 1.36 bits per heavy atom. The van der Waals surface area contributed by atoms with Gasteiger partial charge in [0.05, 0.1) is 5.56 Å². The van der Waals surface area contributed by atoms with Crippen LogP contribution in [-0.4, -0.2) is 25.5 Å². The van der Waals surface area contributed by atoms with Gasteiger partial charge in [-0.3, -0.25) is 4.79 Å². The lowest BCUT2D eigenvalue weighted by molar-refractivity contribution is 0.0364. The summed E-state index contributed by atoms with van der Waals surface area (Å²) in [7, 11) is 0. The highest BCUT2D eigenvalue weighted by atomic mass is 16.5. The molecule has 0 saturated heterocycles. The third kappa shape index (κ3) is 2.40. The summed E-state index contributed by atoms with van der Waals surface area (Å²) in [5.41, 5.74) is 0.277. The zero-order chi connectivity index (χ0) is 10.4. The first kappa shape index (κ1) is 10.4. The third-order valence-corrected chi connectivity index (χ3v) is 1.57. The maximum atomic E-state index is 11.2. The van der Waals surface area contributed by atoms with E-state index in [9.17, 15) is 14.7 Å². The van der Waals surface area contributed by atoms with Gasteiger partial charge in [-0.05, 0) is 6.07 Å². The van der Waals surface area contributed by atoms with Gasteiger partial charge in [0, 0.05) is 5.56 Å². The van der Waals surface area contributed by atoms with E-state index in [-0.39, 0.29) is 17.7 Å². The highest BCUT2D eigenvalue weighted by molar-refractivity contribution is 5.98. The van der Waals surface area contributed by atoms with E-state index in [1.807, 2.05) is 0 Å². The molecule has 14 heavy (non-hydrogen) atoms. The van der Waals surface area contributed by atoms with Gasteiger partial charge in [-0.2, -0.15) is 0 Å². The van der Waals surface area contributed by atoms with Crippen molar-refractivity contribution < 1.29 is 19.4 Å². The van der Waals surface area contributed by atoms with Crippen LogP contribution < -0.4 is 0 Å². The largest absolute Gasteiger partial charge is 0.459 e. The monoisotopic (exact) mass is 192 g/mol. The molecule has 0 saturated carbocycles. The fraction of sp³-hybridized carbons (Fsp3) is 0.200. The first-order valence-corrected chi connectivity index (χ1v) is 4.02. The number of carbonyl (C=O) groups is 1. The Labute approximate surface area is 81.1 Å². The molecule has 0 heterocycles.